The zero-order chi connectivity index (χ0) is 23.6. The number of anilines is 1. The lowest BCUT2D eigenvalue weighted by molar-refractivity contribution is -0.139. The number of amides is 3. The monoisotopic (exact) mass is 516 g/mol. The molecule has 0 aliphatic heterocycles. The lowest BCUT2D eigenvalue weighted by atomic mass is 10.2. The summed E-state index contributed by atoms with van der Waals surface area (Å²) in [4.78, 5) is 35.8. The van der Waals surface area contributed by atoms with E-state index in [4.69, 9.17) is 9.15 Å². The molecular weight excluding hydrogens is 499 g/mol. The minimum absolute atomic E-state index is 0.0621. The van der Waals surface area contributed by atoms with Gasteiger partial charge in [-0.15, -0.1) is 0 Å². The van der Waals surface area contributed by atoms with Gasteiger partial charge in [-0.3, -0.25) is 14.4 Å². The van der Waals surface area contributed by atoms with Crippen molar-refractivity contribution in [2.24, 2.45) is 5.10 Å². The normalized spacial score (nSPS) is 10.6. The molecule has 3 N–H and O–H groups in total. The van der Waals surface area contributed by atoms with Crippen LogP contribution < -0.4 is 20.8 Å². The van der Waals surface area contributed by atoms with Crippen LogP contribution in [-0.4, -0.2) is 30.5 Å². The fourth-order valence-electron chi connectivity index (χ4n) is 2.50. The Labute approximate surface area is 196 Å². The molecule has 11 heteroatoms. The number of hydrazone groups is 1. The highest BCUT2D eigenvalue weighted by Gasteiger charge is 2.13. The molecule has 0 fully saturated rings. The third-order valence-corrected chi connectivity index (χ3v) is 4.53. The summed E-state index contributed by atoms with van der Waals surface area (Å²) in [5.74, 6) is -1.90. The van der Waals surface area contributed by atoms with Crippen LogP contribution >= 0.6 is 15.9 Å². The Morgan fingerprint density at radius 3 is 2.61 bits per heavy atom. The molecule has 0 atom stereocenters. The van der Waals surface area contributed by atoms with Crippen molar-refractivity contribution in [2.75, 3.05) is 11.9 Å². The van der Waals surface area contributed by atoms with E-state index in [9.17, 15) is 18.8 Å². The van der Waals surface area contributed by atoms with Gasteiger partial charge in [0.25, 0.3) is 5.91 Å². The highest BCUT2D eigenvalue weighted by Crippen LogP contribution is 2.22. The van der Waals surface area contributed by atoms with Crippen molar-refractivity contribution < 1.29 is 27.9 Å². The molecule has 0 spiro atoms. The Morgan fingerprint density at radius 1 is 1.09 bits per heavy atom. The quantitative estimate of drug-likeness (QED) is 0.241. The van der Waals surface area contributed by atoms with Crippen molar-refractivity contribution in [3.05, 3.63) is 82.5 Å². The first-order valence-corrected chi connectivity index (χ1v) is 10.3. The number of carbonyl (C=O) groups is 3. The molecule has 1 aromatic heterocycles. The van der Waals surface area contributed by atoms with Gasteiger partial charge in [-0.25, -0.2) is 9.82 Å². The Morgan fingerprint density at radius 2 is 1.88 bits per heavy atom. The van der Waals surface area contributed by atoms with Gasteiger partial charge in [-0.05, 0) is 54.6 Å². The van der Waals surface area contributed by atoms with Gasteiger partial charge in [0.05, 0.1) is 19.0 Å². The smallest absolute Gasteiger partial charge is 0.329 e. The Kier molecular flexibility index (Phi) is 8.30. The lowest BCUT2D eigenvalue weighted by Crippen LogP contribution is -2.37. The maximum atomic E-state index is 13.0. The second-order valence-corrected chi connectivity index (χ2v) is 7.40. The Bertz CT molecular complexity index is 1150. The number of rotatable bonds is 8. The molecule has 0 saturated heterocycles. The third kappa shape index (κ3) is 7.58. The number of nitrogens with zero attached hydrogens (tertiary/aromatic N) is 1. The number of hydrogen-bond acceptors (Lipinski definition) is 6. The molecule has 0 radical (unpaired) electrons. The second kappa shape index (κ2) is 11.6. The molecule has 33 heavy (non-hydrogen) atoms. The van der Waals surface area contributed by atoms with Crippen LogP contribution in [0.25, 0.3) is 0 Å². The van der Waals surface area contributed by atoms with Crippen LogP contribution in [0.2, 0.25) is 0 Å². The highest BCUT2D eigenvalue weighted by molar-refractivity contribution is 9.10. The van der Waals surface area contributed by atoms with Crippen LogP contribution in [0.4, 0.5) is 10.1 Å². The molecule has 0 aliphatic carbocycles. The van der Waals surface area contributed by atoms with E-state index in [1.54, 1.807) is 30.3 Å². The van der Waals surface area contributed by atoms with Gasteiger partial charge in [0, 0.05) is 15.7 Å². The van der Waals surface area contributed by atoms with Gasteiger partial charge >= 0.3 is 11.8 Å². The molecule has 2 aromatic carbocycles. The average Bonchev–Trinajstić information content (AvgIpc) is 3.32. The first-order valence-electron chi connectivity index (χ1n) is 9.52. The van der Waals surface area contributed by atoms with Crippen molar-refractivity contribution in [2.45, 2.75) is 6.54 Å². The maximum Gasteiger partial charge on any atom is 0.329 e. The van der Waals surface area contributed by atoms with E-state index in [-0.39, 0.29) is 13.2 Å². The Balaban J connectivity index is 1.53. The van der Waals surface area contributed by atoms with E-state index in [0.717, 1.165) is 0 Å². The van der Waals surface area contributed by atoms with Crippen molar-refractivity contribution in [1.29, 1.82) is 0 Å². The molecule has 3 aromatic rings. The van der Waals surface area contributed by atoms with E-state index in [0.29, 0.717) is 27.2 Å². The molecular formula is C22H18BrFN4O5. The third-order valence-electron chi connectivity index (χ3n) is 4.04. The fraction of sp³-hybridized carbons (Fsp3) is 0.0909. The summed E-state index contributed by atoms with van der Waals surface area (Å²) in [6.45, 7) is -0.256. The molecule has 0 unspecified atom stereocenters. The van der Waals surface area contributed by atoms with E-state index in [1.807, 2.05) is 0 Å². The van der Waals surface area contributed by atoms with Crippen molar-refractivity contribution in [1.82, 2.24) is 10.7 Å². The number of halogens is 2. The second-order valence-electron chi connectivity index (χ2n) is 6.49. The van der Waals surface area contributed by atoms with Crippen molar-refractivity contribution in [3.63, 3.8) is 0 Å². The highest BCUT2D eigenvalue weighted by atomic mass is 79.9. The van der Waals surface area contributed by atoms with Crippen molar-refractivity contribution >= 4 is 45.6 Å². The molecule has 170 valence electrons. The van der Waals surface area contributed by atoms with Gasteiger partial charge in [-0.1, -0.05) is 15.9 Å². The van der Waals surface area contributed by atoms with Crippen molar-refractivity contribution in [3.8, 4) is 5.75 Å². The van der Waals surface area contributed by atoms with E-state index in [1.165, 1.54) is 36.7 Å². The number of carbonyl (C=O) groups excluding carboxylic acids is 3. The minimum Gasteiger partial charge on any atom is -0.483 e. The molecule has 0 saturated carbocycles. The summed E-state index contributed by atoms with van der Waals surface area (Å²) >= 11 is 3.32. The van der Waals surface area contributed by atoms with Crippen LogP contribution in [0.15, 0.2) is 74.9 Å². The number of hydrogen-bond donors (Lipinski definition) is 3. The minimum atomic E-state index is -0.964. The largest absolute Gasteiger partial charge is 0.483 e. The average molecular weight is 517 g/mol. The number of nitrogens with one attached hydrogen (secondary N) is 3. The first-order chi connectivity index (χ1) is 15.9. The zero-order valence-electron chi connectivity index (χ0n) is 17.0. The summed E-state index contributed by atoms with van der Waals surface area (Å²) in [6, 6.07) is 13.6. The fourth-order valence-corrected chi connectivity index (χ4v) is 2.88. The molecule has 3 amide bonds. The van der Waals surface area contributed by atoms with Gasteiger partial charge in [0.2, 0.25) is 0 Å². The molecule has 9 nitrogen and oxygen atoms in total. The number of ether oxygens (including phenoxy) is 1. The van der Waals surface area contributed by atoms with Gasteiger partial charge in [-0.2, -0.15) is 5.10 Å². The molecule has 3 rings (SSSR count). The van der Waals surface area contributed by atoms with Crippen LogP contribution in [0.3, 0.4) is 0 Å². The predicted octanol–water partition coefficient (Wildman–Crippen LogP) is 2.97. The first kappa shape index (κ1) is 23.7. The van der Waals surface area contributed by atoms with Gasteiger partial charge in [0.15, 0.2) is 6.61 Å². The van der Waals surface area contributed by atoms with Crippen LogP contribution in [0, 0.1) is 5.82 Å². The summed E-state index contributed by atoms with van der Waals surface area (Å²) in [5, 5.41) is 8.74. The summed E-state index contributed by atoms with van der Waals surface area (Å²) in [5.41, 5.74) is 2.98. The lowest BCUT2D eigenvalue weighted by Gasteiger charge is -2.10. The maximum absolute atomic E-state index is 13.0. The van der Waals surface area contributed by atoms with E-state index >= 15 is 0 Å². The van der Waals surface area contributed by atoms with E-state index < -0.39 is 23.5 Å². The molecule has 0 bridgehead atoms. The zero-order valence-corrected chi connectivity index (χ0v) is 18.6. The van der Waals surface area contributed by atoms with Crippen LogP contribution in [-0.2, 0) is 20.9 Å². The molecule has 0 aliphatic rings. The topological polar surface area (TPSA) is 122 Å². The summed E-state index contributed by atoms with van der Waals surface area (Å²) in [6.07, 6.45) is 2.73. The van der Waals surface area contributed by atoms with Gasteiger partial charge in [0.1, 0.15) is 17.3 Å². The van der Waals surface area contributed by atoms with Crippen LogP contribution in [0.5, 0.6) is 5.75 Å². The van der Waals surface area contributed by atoms with E-state index in [2.05, 4.69) is 37.1 Å². The van der Waals surface area contributed by atoms with Gasteiger partial charge < -0.3 is 19.8 Å². The standard InChI is InChI=1S/C22H18BrFN4O5/c23-15-3-8-19(33-13-20(29)27-17-6-4-16(24)5-7-17)14(10-15)11-26-28-22(31)21(30)25-12-18-2-1-9-32-18/h1-11H,12-13H2,(H,25,30)(H,27,29)(H,28,31)/b26-11-. The van der Waals surface area contributed by atoms with Crippen LogP contribution in [0.1, 0.15) is 11.3 Å². The Hall–Kier alpha value is -3.99. The summed E-state index contributed by atoms with van der Waals surface area (Å²) in [7, 11) is 0. The summed E-state index contributed by atoms with van der Waals surface area (Å²) < 4.78 is 24.3. The SMILES string of the molecule is O=C(COc1ccc(Br)cc1/C=N\NC(=O)C(=O)NCc1ccco1)Nc1ccc(F)cc1. The number of furan rings is 1. The predicted molar refractivity (Wildman–Crippen MR) is 121 cm³/mol. The molecule has 1 heterocycles. The number of benzene rings is 2.